The molecule has 2 nitrogen and oxygen atoms in total. The zero-order valence-electron chi connectivity index (χ0n) is 11.2. The van der Waals surface area contributed by atoms with Crippen molar-refractivity contribution in [3.63, 3.8) is 0 Å². The average Bonchev–Trinajstić information content (AvgIpc) is 2.46. The molecule has 2 atom stereocenters. The molecule has 0 spiro atoms. The molecule has 1 fully saturated rings. The smallest absolute Gasteiger partial charge is 0.0697 e. The Morgan fingerprint density at radius 3 is 2.83 bits per heavy atom. The van der Waals surface area contributed by atoms with Gasteiger partial charge in [0, 0.05) is 11.6 Å². The molecule has 0 aromatic heterocycles. The SMILES string of the molecule is C=Nc1ccccc1C(=C)C(C)C1CCCCN1. The summed E-state index contributed by atoms with van der Waals surface area (Å²) < 4.78 is 0. The fourth-order valence-corrected chi connectivity index (χ4v) is 2.68. The Hall–Kier alpha value is -1.41. The summed E-state index contributed by atoms with van der Waals surface area (Å²) in [5.74, 6) is 0.438. The van der Waals surface area contributed by atoms with Crippen LogP contribution in [0.1, 0.15) is 31.7 Å². The number of hydrogen-bond donors (Lipinski definition) is 1. The average molecular weight is 242 g/mol. The van der Waals surface area contributed by atoms with Gasteiger partial charge in [0.05, 0.1) is 5.69 Å². The van der Waals surface area contributed by atoms with E-state index >= 15 is 0 Å². The Labute approximate surface area is 110 Å². The third kappa shape index (κ3) is 2.70. The van der Waals surface area contributed by atoms with Crippen LogP contribution in [0, 0.1) is 5.92 Å². The quantitative estimate of drug-likeness (QED) is 0.798. The van der Waals surface area contributed by atoms with E-state index in [0.717, 1.165) is 23.4 Å². The maximum Gasteiger partial charge on any atom is 0.0697 e. The van der Waals surface area contributed by atoms with Crippen molar-refractivity contribution in [2.24, 2.45) is 10.9 Å². The van der Waals surface area contributed by atoms with Gasteiger partial charge in [0.2, 0.25) is 0 Å². The first-order valence-electron chi connectivity index (χ1n) is 6.72. The minimum absolute atomic E-state index is 0.438. The van der Waals surface area contributed by atoms with Gasteiger partial charge >= 0.3 is 0 Å². The predicted octanol–water partition coefficient (Wildman–Crippen LogP) is 3.81. The van der Waals surface area contributed by atoms with Gasteiger partial charge in [0.15, 0.2) is 0 Å². The van der Waals surface area contributed by atoms with Gasteiger partial charge in [-0.3, -0.25) is 4.99 Å². The van der Waals surface area contributed by atoms with Crippen molar-refractivity contribution in [2.75, 3.05) is 6.54 Å². The number of rotatable bonds is 4. The van der Waals surface area contributed by atoms with Crippen molar-refractivity contribution in [1.29, 1.82) is 0 Å². The molecule has 0 amide bonds. The highest BCUT2D eigenvalue weighted by Crippen LogP contribution is 2.32. The predicted molar refractivity (Wildman–Crippen MR) is 79.5 cm³/mol. The summed E-state index contributed by atoms with van der Waals surface area (Å²) in [4.78, 5) is 4.09. The molecule has 1 aromatic rings. The first-order valence-corrected chi connectivity index (χ1v) is 6.72. The van der Waals surface area contributed by atoms with Crippen LogP contribution in [-0.4, -0.2) is 19.3 Å². The number of nitrogens with zero attached hydrogens (tertiary/aromatic N) is 1. The number of piperidine rings is 1. The molecule has 96 valence electrons. The van der Waals surface area contributed by atoms with Gasteiger partial charge in [-0.2, -0.15) is 0 Å². The van der Waals surface area contributed by atoms with Gasteiger partial charge < -0.3 is 5.32 Å². The van der Waals surface area contributed by atoms with Crippen LogP contribution in [0.25, 0.3) is 5.57 Å². The van der Waals surface area contributed by atoms with E-state index in [0.29, 0.717) is 12.0 Å². The van der Waals surface area contributed by atoms with Crippen LogP contribution >= 0.6 is 0 Å². The second-order valence-corrected chi connectivity index (χ2v) is 5.05. The van der Waals surface area contributed by atoms with E-state index in [2.05, 4.69) is 36.6 Å². The Morgan fingerprint density at radius 1 is 1.39 bits per heavy atom. The van der Waals surface area contributed by atoms with Crippen LogP contribution in [0.15, 0.2) is 35.8 Å². The summed E-state index contributed by atoms with van der Waals surface area (Å²) in [6, 6.07) is 8.66. The third-order valence-electron chi connectivity index (χ3n) is 3.92. The summed E-state index contributed by atoms with van der Waals surface area (Å²) >= 11 is 0. The number of aliphatic imine (C=N–C) groups is 1. The van der Waals surface area contributed by atoms with Crippen LogP contribution in [0.2, 0.25) is 0 Å². The van der Waals surface area contributed by atoms with Gasteiger partial charge in [0.25, 0.3) is 0 Å². The van der Waals surface area contributed by atoms with Gasteiger partial charge in [-0.25, -0.2) is 0 Å². The number of hydrogen-bond acceptors (Lipinski definition) is 2. The summed E-state index contributed by atoms with van der Waals surface area (Å²) in [7, 11) is 0. The Kier molecular flexibility index (Phi) is 4.32. The van der Waals surface area contributed by atoms with E-state index in [-0.39, 0.29) is 0 Å². The van der Waals surface area contributed by atoms with E-state index in [9.17, 15) is 0 Å². The maximum atomic E-state index is 4.28. The van der Waals surface area contributed by atoms with Crippen LogP contribution in [0.4, 0.5) is 5.69 Å². The zero-order valence-corrected chi connectivity index (χ0v) is 11.2. The van der Waals surface area contributed by atoms with Crippen LogP contribution in [-0.2, 0) is 0 Å². The van der Waals surface area contributed by atoms with Crippen LogP contribution in [0.5, 0.6) is 0 Å². The lowest BCUT2D eigenvalue weighted by atomic mass is 9.85. The van der Waals surface area contributed by atoms with E-state index in [1.807, 2.05) is 18.2 Å². The molecular weight excluding hydrogens is 220 g/mol. The van der Waals surface area contributed by atoms with E-state index in [4.69, 9.17) is 0 Å². The summed E-state index contributed by atoms with van der Waals surface area (Å²) in [6.07, 6.45) is 3.85. The van der Waals surface area contributed by atoms with Gasteiger partial charge in [-0.05, 0) is 43.7 Å². The standard InChI is InChI=1S/C16H22N2/c1-12(13(2)15-9-6-7-11-18-15)14-8-4-5-10-16(14)17-3/h4-5,8,10,13,15,18H,1,3,6-7,9,11H2,2H3. The molecule has 2 rings (SSSR count). The summed E-state index contributed by atoms with van der Waals surface area (Å²) in [5, 5.41) is 3.60. The molecule has 1 saturated heterocycles. The third-order valence-corrected chi connectivity index (χ3v) is 3.92. The van der Waals surface area contributed by atoms with Gasteiger partial charge in [-0.1, -0.05) is 38.1 Å². The van der Waals surface area contributed by atoms with E-state index < -0.39 is 0 Å². The van der Waals surface area contributed by atoms with E-state index in [1.54, 1.807) is 0 Å². The minimum Gasteiger partial charge on any atom is -0.313 e. The van der Waals surface area contributed by atoms with Crippen molar-refractivity contribution in [3.8, 4) is 0 Å². The van der Waals surface area contributed by atoms with Crippen molar-refractivity contribution in [3.05, 3.63) is 36.4 Å². The number of para-hydroxylation sites is 1. The van der Waals surface area contributed by atoms with Gasteiger partial charge in [0.1, 0.15) is 0 Å². The first-order chi connectivity index (χ1) is 8.74. The number of nitrogens with one attached hydrogen (secondary N) is 1. The maximum absolute atomic E-state index is 4.28. The normalized spacial score (nSPS) is 21.3. The van der Waals surface area contributed by atoms with Gasteiger partial charge in [-0.15, -0.1) is 0 Å². The lowest BCUT2D eigenvalue weighted by Crippen LogP contribution is -2.39. The van der Waals surface area contributed by atoms with Crippen LogP contribution in [0.3, 0.4) is 0 Å². The first kappa shape index (κ1) is 13.0. The fraction of sp³-hybridized carbons (Fsp3) is 0.438. The highest BCUT2D eigenvalue weighted by Gasteiger charge is 2.23. The number of benzene rings is 1. The van der Waals surface area contributed by atoms with Crippen LogP contribution < -0.4 is 5.32 Å². The minimum atomic E-state index is 0.438. The summed E-state index contributed by atoms with van der Waals surface area (Å²) in [5.41, 5.74) is 3.23. The molecule has 1 N–H and O–H groups in total. The molecule has 0 bridgehead atoms. The largest absolute Gasteiger partial charge is 0.313 e. The molecule has 18 heavy (non-hydrogen) atoms. The molecule has 2 heteroatoms. The summed E-state index contributed by atoms with van der Waals surface area (Å²) in [6.45, 7) is 11.3. The monoisotopic (exact) mass is 242 g/mol. The topological polar surface area (TPSA) is 24.4 Å². The van der Waals surface area contributed by atoms with Crippen molar-refractivity contribution in [1.82, 2.24) is 5.32 Å². The lowest BCUT2D eigenvalue weighted by Gasteiger charge is -2.30. The lowest BCUT2D eigenvalue weighted by molar-refractivity contribution is 0.352. The molecule has 1 aliphatic heterocycles. The molecule has 1 aliphatic rings. The fourth-order valence-electron chi connectivity index (χ4n) is 2.68. The molecular formula is C16H22N2. The second kappa shape index (κ2) is 5.96. The van der Waals surface area contributed by atoms with Crippen molar-refractivity contribution >= 4 is 18.0 Å². The molecule has 2 unspecified atom stereocenters. The Morgan fingerprint density at radius 2 is 2.17 bits per heavy atom. The van der Waals surface area contributed by atoms with Crippen molar-refractivity contribution in [2.45, 2.75) is 32.2 Å². The molecule has 0 saturated carbocycles. The van der Waals surface area contributed by atoms with Crippen molar-refractivity contribution < 1.29 is 0 Å². The molecule has 1 aromatic carbocycles. The molecule has 0 radical (unpaired) electrons. The second-order valence-electron chi connectivity index (χ2n) is 5.05. The molecule has 1 heterocycles. The highest BCUT2D eigenvalue weighted by atomic mass is 14.9. The Bertz CT molecular complexity index is 430. The Balaban J connectivity index is 2.16. The van der Waals surface area contributed by atoms with E-state index in [1.165, 1.54) is 19.3 Å². The molecule has 0 aliphatic carbocycles. The highest BCUT2D eigenvalue weighted by molar-refractivity contribution is 5.75. The zero-order chi connectivity index (χ0) is 13.0.